The van der Waals surface area contributed by atoms with Gasteiger partial charge in [-0.05, 0) is 69.0 Å². The molecule has 1 saturated carbocycles. The lowest BCUT2D eigenvalue weighted by Gasteiger charge is -2.37. The number of anilines is 1. The predicted octanol–water partition coefficient (Wildman–Crippen LogP) is 6.71. The van der Waals surface area contributed by atoms with Crippen LogP contribution in [0.4, 0.5) is 5.69 Å². The zero-order valence-corrected chi connectivity index (χ0v) is 18.2. The van der Waals surface area contributed by atoms with Crippen LogP contribution in [-0.2, 0) is 0 Å². The van der Waals surface area contributed by atoms with Crippen LogP contribution in [0.15, 0.2) is 40.8 Å². The van der Waals surface area contributed by atoms with Gasteiger partial charge in [0.1, 0.15) is 16.9 Å². The van der Waals surface area contributed by atoms with Gasteiger partial charge in [-0.15, -0.1) is 0 Å². The molecule has 0 bridgehead atoms. The van der Waals surface area contributed by atoms with Crippen molar-refractivity contribution in [3.8, 4) is 5.75 Å². The van der Waals surface area contributed by atoms with E-state index in [2.05, 4.69) is 5.32 Å². The Bertz CT molecular complexity index is 1170. The van der Waals surface area contributed by atoms with Gasteiger partial charge >= 0.3 is 0 Å². The number of hydrogen-bond acceptors (Lipinski definition) is 4. The molecule has 1 spiro atoms. The average molecular weight is 438 g/mol. The Hall–Kier alpha value is -2.79. The van der Waals surface area contributed by atoms with Gasteiger partial charge in [-0.3, -0.25) is 9.59 Å². The fourth-order valence-electron chi connectivity index (χ4n) is 4.92. The molecule has 5 rings (SSSR count). The standard InChI is InChI=1S/C25H24ClNO4/c1-15-21-19(30-23(15)24(29)27-17-8-6-16(26)7-9-17)10-11-20-22(21)18(28)14-25(31-20)12-4-2-3-5-13-25/h6-11H,2-5,12-14H2,1H3,(H,27,29). The molecule has 31 heavy (non-hydrogen) atoms. The van der Waals surface area contributed by atoms with E-state index in [4.69, 9.17) is 20.8 Å². The van der Waals surface area contributed by atoms with Crippen molar-refractivity contribution >= 4 is 39.9 Å². The first-order chi connectivity index (χ1) is 15.0. The van der Waals surface area contributed by atoms with E-state index in [9.17, 15) is 9.59 Å². The number of furan rings is 1. The molecule has 1 aromatic heterocycles. The van der Waals surface area contributed by atoms with Crippen LogP contribution in [0.3, 0.4) is 0 Å². The zero-order chi connectivity index (χ0) is 21.6. The summed E-state index contributed by atoms with van der Waals surface area (Å²) in [6.45, 7) is 1.81. The monoisotopic (exact) mass is 437 g/mol. The van der Waals surface area contributed by atoms with Crippen LogP contribution in [0.2, 0.25) is 5.02 Å². The average Bonchev–Trinajstić information content (AvgIpc) is 2.93. The number of halogens is 1. The Kier molecular flexibility index (Phi) is 5.01. The topological polar surface area (TPSA) is 68.5 Å². The largest absolute Gasteiger partial charge is 0.486 e. The van der Waals surface area contributed by atoms with Gasteiger partial charge in [0.05, 0.1) is 12.0 Å². The molecule has 1 amide bonds. The minimum atomic E-state index is -0.388. The van der Waals surface area contributed by atoms with Gasteiger partial charge < -0.3 is 14.5 Å². The molecule has 0 unspecified atom stereocenters. The van der Waals surface area contributed by atoms with Crippen molar-refractivity contribution in [3.05, 3.63) is 58.3 Å². The first-order valence-corrected chi connectivity index (χ1v) is 11.2. The van der Waals surface area contributed by atoms with E-state index in [1.807, 2.05) is 13.0 Å². The second kappa shape index (κ2) is 7.72. The van der Waals surface area contributed by atoms with Crippen molar-refractivity contribution in [1.29, 1.82) is 0 Å². The predicted molar refractivity (Wildman–Crippen MR) is 120 cm³/mol. The van der Waals surface area contributed by atoms with Crippen LogP contribution < -0.4 is 10.1 Å². The molecule has 2 aromatic carbocycles. The third kappa shape index (κ3) is 3.61. The van der Waals surface area contributed by atoms with Gasteiger partial charge in [0.2, 0.25) is 0 Å². The Labute approximate surface area is 185 Å². The fraction of sp³-hybridized carbons (Fsp3) is 0.360. The van der Waals surface area contributed by atoms with Gasteiger partial charge in [0.25, 0.3) is 5.91 Å². The molecule has 6 heteroatoms. The highest BCUT2D eigenvalue weighted by molar-refractivity contribution is 6.30. The molecular weight excluding hydrogens is 414 g/mol. The first-order valence-electron chi connectivity index (χ1n) is 10.8. The summed E-state index contributed by atoms with van der Waals surface area (Å²) in [6, 6.07) is 10.5. The molecule has 2 heterocycles. The van der Waals surface area contributed by atoms with E-state index in [1.165, 1.54) is 12.8 Å². The molecule has 1 aliphatic heterocycles. The molecule has 1 N–H and O–H groups in total. The molecule has 2 aliphatic rings. The van der Waals surface area contributed by atoms with Crippen LogP contribution in [0.25, 0.3) is 11.0 Å². The molecule has 1 fully saturated rings. The Morgan fingerprint density at radius 2 is 1.74 bits per heavy atom. The van der Waals surface area contributed by atoms with Gasteiger partial charge in [-0.1, -0.05) is 24.4 Å². The van der Waals surface area contributed by atoms with E-state index < -0.39 is 0 Å². The maximum Gasteiger partial charge on any atom is 0.291 e. The number of amides is 1. The number of hydrogen-bond donors (Lipinski definition) is 1. The van der Waals surface area contributed by atoms with Gasteiger partial charge in [-0.2, -0.15) is 0 Å². The number of Topliss-reactive ketones (excluding diaryl/α,β-unsaturated/α-hetero) is 1. The summed E-state index contributed by atoms with van der Waals surface area (Å²) in [5.41, 5.74) is 1.93. The number of ketones is 1. The summed E-state index contributed by atoms with van der Waals surface area (Å²) in [7, 11) is 0. The lowest BCUT2D eigenvalue weighted by Crippen LogP contribution is -2.41. The Morgan fingerprint density at radius 3 is 2.45 bits per heavy atom. The summed E-state index contributed by atoms with van der Waals surface area (Å²) in [5.74, 6) is 0.511. The Morgan fingerprint density at radius 1 is 1.03 bits per heavy atom. The van der Waals surface area contributed by atoms with Gasteiger partial charge in [0, 0.05) is 21.7 Å². The van der Waals surface area contributed by atoms with Crippen molar-refractivity contribution in [2.75, 3.05) is 5.32 Å². The lowest BCUT2D eigenvalue weighted by atomic mass is 9.83. The van der Waals surface area contributed by atoms with Crippen molar-refractivity contribution in [2.45, 2.75) is 57.5 Å². The highest BCUT2D eigenvalue weighted by Crippen LogP contribution is 2.44. The number of aryl methyl sites for hydroxylation is 1. The van der Waals surface area contributed by atoms with Crippen LogP contribution in [0, 0.1) is 6.92 Å². The SMILES string of the molecule is Cc1c(C(=O)Nc2ccc(Cl)cc2)oc2ccc3c(c12)C(=O)CC1(CCCCCC1)O3. The number of ether oxygens (including phenoxy) is 1. The smallest absolute Gasteiger partial charge is 0.291 e. The van der Waals surface area contributed by atoms with Crippen molar-refractivity contribution in [3.63, 3.8) is 0 Å². The molecule has 3 aromatic rings. The summed E-state index contributed by atoms with van der Waals surface area (Å²) in [6.07, 6.45) is 6.77. The Balaban J connectivity index is 1.51. The third-order valence-corrected chi connectivity index (χ3v) is 6.72. The number of nitrogens with one attached hydrogen (secondary N) is 1. The van der Waals surface area contributed by atoms with E-state index in [-0.39, 0.29) is 23.1 Å². The molecule has 0 saturated heterocycles. The van der Waals surface area contributed by atoms with Crippen LogP contribution in [0.1, 0.15) is 71.4 Å². The first kappa shape index (κ1) is 20.1. The fourth-order valence-corrected chi connectivity index (χ4v) is 5.05. The van der Waals surface area contributed by atoms with Crippen LogP contribution in [-0.4, -0.2) is 17.3 Å². The molecule has 160 valence electrons. The maximum atomic E-state index is 13.3. The van der Waals surface area contributed by atoms with Crippen molar-refractivity contribution in [2.24, 2.45) is 0 Å². The number of carbonyl (C=O) groups excluding carboxylic acids is 2. The minimum absolute atomic E-state index is 0.0716. The van der Waals surface area contributed by atoms with Gasteiger partial charge in [0.15, 0.2) is 11.5 Å². The van der Waals surface area contributed by atoms with Gasteiger partial charge in [-0.25, -0.2) is 0 Å². The number of rotatable bonds is 2. The lowest BCUT2D eigenvalue weighted by molar-refractivity contribution is 0.0301. The van der Waals surface area contributed by atoms with E-state index >= 15 is 0 Å². The van der Waals surface area contributed by atoms with E-state index in [0.717, 1.165) is 25.7 Å². The third-order valence-electron chi connectivity index (χ3n) is 6.47. The van der Waals surface area contributed by atoms with Crippen LogP contribution >= 0.6 is 11.6 Å². The van der Waals surface area contributed by atoms with Crippen molar-refractivity contribution < 1.29 is 18.7 Å². The zero-order valence-electron chi connectivity index (χ0n) is 17.4. The second-order valence-corrected chi connectivity index (χ2v) is 9.06. The molecule has 5 nitrogen and oxygen atoms in total. The van der Waals surface area contributed by atoms with E-state index in [1.54, 1.807) is 30.3 Å². The van der Waals surface area contributed by atoms with E-state index in [0.29, 0.717) is 45.0 Å². The number of fused-ring (bicyclic) bond motifs is 3. The molecule has 0 radical (unpaired) electrons. The summed E-state index contributed by atoms with van der Waals surface area (Å²) in [5, 5.41) is 4.09. The molecule has 0 atom stereocenters. The number of carbonyl (C=O) groups is 2. The highest BCUT2D eigenvalue weighted by Gasteiger charge is 2.42. The quantitative estimate of drug-likeness (QED) is 0.484. The van der Waals surface area contributed by atoms with Crippen LogP contribution in [0.5, 0.6) is 5.75 Å². The minimum Gasteiger partial charge on any atom is -0.486 e. The normalized spacial score (nSPS) is 17.8. The summed E-state index contributed by atoms with van der Waals surface area (Å²) >= 11 is 5.91. The number of benzene rings is 2. The molecule has 1 aliphatic carbocycles. The molecular formula is C25H24ClNO4. The maximum absolute atomic E-state index is 13.3. The second-order valence-electron chi connectivity index (χ2n) is 8.63. The summed E-state index contributed by atoms with van der Waals surface area (Å²) in [4.78, 5) is 26.2. The summed E-state index contributed by atoms with van der Waals surface area (Å²) < 4.78 is 12.4. The van der Waals surface area contributed by atoms with Crippen molar-refractivity contribution in [1.82, 2.24) is 0 Å². The highest BCUT2D eigenvalue weighted by atomic mass is 35.5.